The van der Waals surface area contributed by atoms with Gasteiger partial charge in [0.2, 0.25) is 5.91 Å². The molecule has 6 rings (SSSR count). The lowest BCUT2D eigenvalue weighted by Crippen LogP contribution is -2.51. The van der Waals surface area contributed by atoms with Gasteiger partial charge in [0.05, 0.1) is 19.4 Å². The van der Waals surface area contributed by atoms with E-state index in [0.29, 0.717) is 30.5 Å². The molecule has 182 valence electrons. The van der Waals surface area contributed by atoms with E-state index in [4.69, 9.17) is 13.9 Å². The van der Waals surface area contributed by atoms with Crippen molar-refractivity contribution in [3.63, 3.8) is 0 Å². The number of nitrogens with one attached hydrogen (secondary N) is 1. The maximum atomic E-state index is 13.4. The normalized spacial score (nSPS) is 21.4. The van der Waals surface area contributed by atoms with Crippen molar-refractivity contribution in [2.75, 3.05) is 39.3 Å². The Kier molecular flexibility index (Phi) is 5.87. The molecule has 1 aromatic carbocycles. The molecule has 1 aliphatic carbocycles. The monoisotopic (exact) mass is 475 g/mol. The summed E-state index contributed by atoms with van der Waals surface area (Å²) >= 11 is 0. The standard InChI is InChI=1S/C26H29N5O4/c32-25(27-19-7-8-19)16-29-9-11-30(12-10-29)17-26(33)31-21(23-6-3-13-34-23)15-20(28-31)24-14-18-4-1-2-5-22(18)35-24/h1-6,13-14,19,21H,7-12,15-17H2,(H,27,32). The quantitative estimate of drug-likeness (QED) is 0.565. The topological polar surface area (TPSA) is 94.5 Å². The predicted molar refractivity (Wildman–Crippen MR) is 130 cm³/mol. The molecule has 1 unspecified atom stereocenters. The number of amides is 2. The molecule has 3 aliphatic rings. The van der Waals surface area contributed by atoms with Crippen molar-refractivity contribution in [3.05, 3.63) is 60.2 Å². The van der Waals surface area contributed by atoms with Crippen molar-refractivity contribution in [2.24, 2.45) is 5.10 Å². The van der Waals surface area contributed by atoms with Crippen LogP contribution in [0.5, 0.6) is 0 Å². The van der Waals surface area contributed by atoms with Gasteiger partial charge in [0.15, 0.2) is 5.76 Å². The molecular weight excluding hydrogens is 446 g/mol. The van der Waals surface area contributed by atoms with Gasteiger partial charge in [-0.15, -0.1) is 0 Å². The predicted octanol–water partition coefficient (Wildman–Crippen LogP) is 2.60. The molecule has 2 fully saturated rings. The number of hydrogen-bond acceptors (Lipinski definition) is 7. The zero-order valence-corrected chi connectivity index (χ0v) is 19.6. The number of rotatable bonds is 7. The summed E-state index contributed by atoms with van der Waals surface area (Å²) in [7, 11) is 0. The number of hydrogen-bond donors (Lipinski definition) is 1. The third-order valence-corrected chi connectivity index (χ3v) is 6.88. The zero-order valence-electron chi connectivity index (χ0n) is 19.6. The SMILES string of the molecule is O=C(CN1CCN(CC(=O)N2N=C(c3cc4ccccc4o3)CC2c2ccco2)CC1)NC1CC1. The lowest BCUT2D eigenvalue weighted by molar-refractivity contribution is -0.135. The highest BCUT2D eigenvalue weighted by Gasteiger charge is 2.37. The fourth-order valence-electron chi connectivity index (χ4n) is 4.79. The number of carbonyl (C=O) groups excluding carboxylic acids is 2. The first-order valence-electron chi connectivity index (χ1n) is 12.3. The maximum Gasteiger partial charge on any atom is 0.257 e. The Morgan fingerprint density at radius 1 is 1.00 bits per heavy atom. The molecule has 2 amide bonds. The Morgan fingerprint density at radius 2 is 1.77 bits per heavy atom. The number of piperazine rings is 1. The number of para-hydroxylation sites is 1. The minimum absolute atomic E-state index is 0.0718. The summed E-state index contributed by atoms with van der Waals surface area (Å²) < 4.78 is 11.7. The summed E-state index contributed by atoms with van der Waals surface area (Å²) in [6.07, 6.45) is 4.34. The van der Waals surface area contributed by atoms with E-state index in [-0.39, 0.29) is 24.4 Å². The van der Waals surface area contributed by atoms with Crippen molar-refractivity contribution >= 4 is 28.5 Å². The third-order valence-electron chi connectivity index (χ3n) is 6.88. The van der Waals surface area contributed by atoms with Crippen LogP contribution < -0.4 is 5.32 Å². The second-order valence-corrected chi connectivity index (χ2v) is 9.56. The van der Waals surface area contributed by atoms with Crippen LogP contribution in [0.3, 0.4) is 0 Å². The van der Waals surface area contributed by atoms with Crippen LogP contribution in [0.4, 0.5) is 0 Å². The number of fused-ring (bicyclic) bond motifs is 1. The molecule has 4 heterocycles. The zero-order chi connectivity index (χ0) is 23.8. The van der Waals surface area contributed by atoms with Crippen LogP contribution in [0, 0.1) is 0 Å². The molecule has 1 N–H and O–H groups in total. The van der Waals surface area contributed by atoms with Crippen molar-refractivity contribution in [2.45, 2.75) is 31.3 Å². The summed E-state index contributed by atoms with van der Waals surface area (Å²) in [5.74, 6) is 1.41. The highest BCUT2D eigenvalue weighted by molar-refractivity contribution is 6.03. The molecule has 3 aromatic rings. The van der Waals surface area contributed by atoms with E-state index in [0.717, 1.165) is 55.7 Å². The molecular formula is C26H29N5O4. The third kappa shape index (κ3) is 4.87. The average Bonchev–Trinajstić information content (AvgIpc) is 3.25. The second kappa shape index (κ2) is 9.31. The largest absolute Gasteiger partial charge is 0.467 e. The van der Waals surface area contributed by atoms with Crippen LogP contribution in [-0.2, 0) is 9.59 Å². The molecule has 0 bridgehead atoms. The van der Waals surface area contributed by atoms with Gasteiger partial charge < -0.3 is 14.2 Å². The van der Waals surface area contributed by atoms with Gasteiger partial charge in [-0.1, -0.05) is 18.2 Å². The van der Waals surface area contributed by atoms with Crippen LogP contribution >= 0.6 is 0 Å². The molecule has 1 saturated heterocycles. The van der Waals surface area contributed by atoms with Gasteiger partial charge in [0.25, 0.3) is 5.91 Å². The molecule has 1 atom stereocenters. The van der Waals surface area contributed by atoms with Gasteiger partial charge in [0, 0.05) is 44.0 Å². The summed E-state index contributed by atoms with van der Waals surface area (Å²) in [6.45, 7) is 3.71. The van der Waals surface area contributed by atoms with Gasteiger partial charge in [0.1, 0.15) is 23.1 Å². The minimum Gasteiger partial charge on any atom is -0.467 e. The van der Waals surface area contributed by atoms with Crippen molar-refractivity contribution < 1.29 is 18.4 Å². The second-order valence-electron chi connectivity index (χ2n) is 9.56. The van der Waals surface area contributed by atoms with Crippen LogP contribution in [0.2, 0.25) is 0 Å². The van der Waals surface area contributed by atoms with E-state index < -0.39 is 0 Å². The van der Waals surface area contributed by atoms with E-state index in [1.165, 1.54) is 0 Å². The fourth-order valence-corrected chi connectivity index (χ4v) is 4.79. The van der Waals surface area contributed by atoms with Crippen molar-refractivity contribution in [1.29, 1.82) is 0 Å². The summed E-state index contributed by atoms with van der Waals surface area (Å²) in [6, 6.07) is 13.6. The smallest absolute Gasteiger partial charge is 0.257 e. The first kappa shape index (κ1) is 22.1. The van der Waals surface area contributed by atoms with E-state index >= 15 is 0 Å². The van der Waals surface area contributed by atoms with Gasteiger partial charge >= 0.3 is 0 Å². The summed E-state index contributed by atoms with van der Waals surface area (Å²) in [5.41, 5.74) is 1.54. The number of nitrogens with zero attached hydrogens (tertiary/aromatic N) is 4. The Labute approximate surface area is 203 Å². The van der Waals surface area contributed by atoms with Crippen LogP contribution in [0.15, 0.2) is 62.7 Å². The Balaban J connectivity index is 1.12. The molecule has 2 aromatic heterocycles. The summed E-state index contributed by atoms with van der Waals surface area (Å²) in [4.78, 5) is 29.8. The lowest BCUT2D eigenvalue weighted by Gasteiger charge is -2.34. The van der Waals surface area contributed by atoms with E-state index in [1.807, 2.05) is 42.5 Å². The molecule has 0 radical (unpaired) electrons. The van der Waals surface area contributed by atoms with Crippen molar-refractivity contribution in [3.8, 4) is 0 Å². The highest BCUT2D eigenvalue weighted by atomic mass is 16.3. The molecule has 1 saturated carbocycles. The molecule has 9 heteroatoms. The number of carbonyl (C=O) groups is 2. The maximum absolute atomic E-state index is 13.4. The van der Waals surface area contributed by atoms with E-state index in [1.54, 1.807) is 11.3 Å². The van der Waals surface area contributed by atoms with Gasteiger partial charge in [-0.3, -0.25) is 19.4 Å². The first-order valence-corrected chi connectivity index (χ1v) is 12.3. The van der Waals surface area contributed by atoms with Crippen LogP contribution in [-0.4, -0.2) is 77.6 Å². The average molecular weight is 476 g/mol. The molecule has 9 nitrogen and oxygen atoms in total. The van der Waals surface area contributed by atoms with Crippen LogP contribution in [0.1, 0.15) is 36.8 Å². The Morgan fingerprint density at radius 3 is 2.49 bits per heavy atom. The molecule has 0 spiro atoms. The van der Waals surface area contributed by atoms with Gasteiger partial charge in [-0.05, 0) is 37.1 Å². The minimum atomic E-state index is -0.298. The molecule has 2 aliphatic heterocycles. The summed E-state index contributed by atoms with van der Waals surface area (Å²) in [5, 5.41) is 10.3. The number of hydrazone groups is 1. The van der Waals surface area contributed by atoms with E-state index in [9.17, 15) is 9.59 Å². The Bertz CT molecular complexity index is 1200. The van der Waals surface area contributed by atoms with Gasteiger partial charge in [-0.25, -0.2) is 5.01 Å². The molecule has 35 heavy (non-hydrogen) atoms. The Hall–Kier alpha value is -3.43. The van der Waals surface area contributed by atoms with E-state index in [2.05, 4.69) is 15.1 Å². The number of furan rings is 2. The fraction of sp³-hybridized carbons (Fsp3) is 0.423. The highest BCUT2D eigenvalue weighted by Crippen LogP contribution is 2.34. The van der Waals surface area contributed by atoms with Gasteiger partial charge in [-0.2, -0.15) is 5.10 Å². The lowest BCUT2D eigenvalue weighted by atomic mass is 10.1. The first-order chi connectivity index (χ1) is 17.1. The number of benzene rings is 1. The van der Waals surface area contributed by atoms with Crippen molar-refractivity contribution in [1.82, 2.24) is 20.1 Å². The van der Waals surface area contributed by atoms with Crippen LogP contribution in [0.25, 0.3) is 11.0 Å².